The van der Waals surface area contributed by atoms with Gasteiger partial charge in [0.15, 0.2) is 12.2 Å². The van der Waals surface area contributed by atoms with E-state index in [1.54, 1.807) is 0 Å². The minimum absolute atomic E-state index is 0.0858. The van der Waals surface area contributed by atoms with Gasteiger partial charge in [0.1, 0.15) is 19.3 Å². The first-order valence-corrected chi connectivity index (χ1v) is 39.1. The van der Waals surface area contributed by atoms with Crippen LogP contribution in [0.15, 0.2) is 24.3 Å². The third kappa shape index (κ3) is 64.1. The molecule has 0 spiro atoms. The Morgan fingerprint density at radius 2 is 0.539 bits per heavy atom. The molecule has 0 aliphatic rings. The van der Waals surface area contributed by atoms with Crippen LogP contribution < -0.4 is 0 Å². The van der Waals surface area contributed by atoms with Crippen molar-refractivity contribution in [2.75, 3.05) is 39.6 Å². The maximum atomic E-state index is 13.0. The van der Waals surface area contributed by atoms with Gasteiger partial charge in [-0.2, -0.15) is 0 Å². The summed E-state index contributed by atoms with van der Waals surface area (Å²) >= 11 is 0. The standard InChI is InChI=1S/C70H132O17P2/c1-5-9-13-17-21-25-29-31-32-34-37-41-45-49-53-57-70(75)87-66(61-81-68(73)55-51-47-43-39-36-33-30-26-22-18-14-10-6-2)63-85-89(78,79)83-59-64(71)58-82-88(76,77)84-62-65(60-80-67(72)54-50-46-42-38-28-24-20-16-12-8-4)86-69(74)56-52-48-44-40-35-27-23-19-15-11-7-3/h25,29,31-32,64-66,71H,5-24,26-28,30,33-63H2,1-4H3,(H,76,77)(H,78,79)/b29-25-,32-31-/t64-,65+,66+/m0/s1. The van der Waals surface area contributed by atoms with Crippen LogP contribution in [0.3, 0.4) is 0 Å². The van der Waals surface area contributed by atoms with E-state index in [0.29, 0.717) is 25.7 Å². The van der Waals surface area contributed by atoms with E-state index in [1.165, 1.54) is 161 Å². The van der Waals surface area contributed by atoms with Crippen LogP contribution in [-0.2, 0) is 65.4 Å². The molecule has 0 rings (SSSR count). The monoisotopic (exact) mass is 1310 g/mol. The number of aliphatic hydroxyl groups is 1. The van der Waals surface area contributed by atoms with Crippen LogP contribution in [0.2, 0.25) is 0 Å². The van der Waals surface area contributed by atoms with Crippen LogP contribution in [0.5, 0.6) is 0 Å². The first kappa shape index (κ1) is 86.5. The molecule has 3 N–H and O–H groups in total. The lowest BCUT2D eigenvalue weighted by atomic mass is 10.0. The second-order valence-corrected chi connectivity index (χ2v) is 27.5. The Balaban J connectivity index is 5.28. The average molecular weight is 1310 g/mol. The smallest absolute Gasteiger partial charge is 0.462 e. The van der Waals surface area contributed by atoms with Crippen molar-refractivity contribution in [1.82, 2.24) is 0 Å². The number of ether oxygens (including phenoxy) is 4. The SMILES string of the molecule is CCCCCC/C=C\C=C/CCCCCCCC(=O)O[C@H](COC(=O)CCCCCCCCCCCCCCC)COP(=O)(O)OC[C@@H](O)COP(=O)(O)OC[C@@H](COC(=O)CCCCCCCCCCCC)OC(=O)CCCCCCCCCCCCC. The van der Waals surface area contributed by atoms with Gasteiger partial charge in [0.25, 0.3) is 0 Å². The highest BCUT2D eigenvalue weighted by Gasteiger charge is 2.30. The summed E-state index contributed by atoms with van der Waals surface area (Å²) in [5, 5.41) is 10.6. The Morgan fingerprint density at radius 1 is 0.315 bits per heavy atom. The molecule has 524 valence electrons. The molecule has 89 heavy (non-hydrogen) atoms. The van der Waals surface area contributed by atoms with Gasteiger partial charge in [-0.3, -0.25) is 37.3 Å². The molecule has 0 amide bonds. The largest absolute Gasteiger partial charge is 0.472 e. The number of phosphoric acid groups is 2. The lowest BCUT2D eigenvalue weighted by Gasteiger charge is -2.21. The predicted octanol–water partition coefficient (Wildman–Crippen LogP) is 19.8. The van der Waals surface area contributed by atoms with Gasteiger partial charge in [-0.25, -0.2) is 9.13 Å². The second-order valence-electron chi connectivity index (χ2n) is 24.6. The molecular weight excluding hydrogens is 1170 g/mol. The summed E-state index contributed by atoms with van der Waals surface area (Å²) in [7, 11) is -9.91. The minimum Gasteiger partial charge on any atom is -0.462 e. The minimum atomic E-state index is -4.96. The number of carbonyl (C=O) groups is 4. The van der Waals surface area contributed by atoms with E-state index >= 15 is 0 Å². The molecule has 0 fully saturated rings. The summed E-state index contributed by atoms with van der Waals surface area (Å²) in [6.45, 7) is 4.87. The van der Waals surface area contributed by atoms with Gasteiger partial charge in [0.2, 0.25) is 0 Å². The lowest BCUT2D eigenvalue weighted by molar-refractivity contribution is -0.161. The number of unbranched alkanes of at least 4 members (excludes halogenated alkanes) is 40. The molecule has 0 radical (unpaired) electrons. The fraction of sp³-hybridized carbons (Fsp3) is 0.886. The van der Waals surface area contributed by atoms with Crippen molar-refractivity contribution >= 4 is 39.5 Å². The molecule has 0 aromatic rings. The number of aliphatic hydroxyl groups excluding tert-OH is 1. The number of hydrogen-bond acceptors (Lipinski definition) is 15. The summed E-state index contributed by atoms with van der Waals surface area (Å²) in [5.41, 5.74) is 0. The Kier molecular flexibility index (Phi) is 62.5. The zero-order valence-corrected chi connectivity index (χ0v) is 58.7. The second kappa shape index (κ2) is 64.3. The van der Waals surface area contributed by atoms with Crippen molar-refractivity contribution < 1.29 is 80.2 Å². The van der Waals surface area contributed by atoms with Crippen LogP contribution in [0.4, 0.5) is 0 Å². The van der Waals surface area contributed by atoms with Crippen LogP contribution >= 0.6 is 15.6 Å². The summed E-state index contributed by atoms with van der Waals surface area (Å²) in [5.74, 6) is -2.15. The van der Waals surface area contributed by atoms with Gasteiger partial charge >= 0.3 is 39.5 Å². The molecule has 5 atom stereocenters. The quantitative estimate of drug-likeness (QED) is 0.0169. The van der Waals surface area contributed by atoms with E-state index in [9.17, 15) is 43.2 Å². The first-order chi connectivity index (χ1) is 43.2. The number of carbonyl (C=O) groups excluding carboxylic acids is 4. The third-order valence-corrected chi connectivity index (χ3v) is 17.6. The van der Waals surface area contributed by atoms with Gasteiger partial charge in [-0.15, -0.1) is 0 Å². The number of rotatable bonds is 69. The molecule has 0 aliphatic heterocycles. The van der Waals surface area contributed by atoms with Gasteiger partial charge in [0.05, 0.1) is 26.4 Å². The van der Waals surface area contributed by atoms with E-state index < -0.39 is 97.5 Å². The molecule has 2 unspecified atom stereocenters. The van der Waals surface area contributed by atoms with Gasteiger partial charge in [-0.1, -0.05) is 290 Å². The topological polar surface area (TPSA) is 237 Å². The first-order valence-electron chi connectivity index (χ1n) is 36.1. The molecule has 0 saturated carbocycles. The van der Waals surface area contributed by atoms with Crippen molar-refractivity contribution in [1.29, 1.82) is 0 Å². The van der Waals surface area contributed by atoms with Crippen molar-refractivity contribution in [2.45, 2.75) is 361 Å². The molecular formula is C70H132O17P2. The van der Waals surface area contributed by atoms with Crippen molar-refractivity contribution in [2.24, 2.45) is 0 Å². The maximum Gasteiger partial charge on any atom is 0.472 e. The Hall–Kier alpha value is -2.46. The Morgan fingerprint density at radius 3 is 0.820 bits per heavy atom. The number of hydrogen-bond donors (Lipinski definition) is 3. The predicted molar refractivity (Wildman–Crippen MR) is 358 cm³/mol. The third-order valence-electron chi connectivity index (χ3n) is 15.7. The van der Waals surface area contributed by atoms with Gasteiger partial charge < -0.3 is 33.8 Å². The van der Waals surface area contributed by atoms with Crippen LogP contribution in [0, 0.1) is 0 Å². The summed E-state index contributed by atoms with van der Waals surface area (Å²) in [6.07, 6.45) is 54.7. The summed E-state index contributed by atoms with van der Waals surface area (Å²) in [4.78, 5) is 72.5. The van der Waals surface area contributed by atoms with E-state index in [-0.39, 0.29) is 25.7 Å². The van der Waals surface area contributed by atoms with Crippen LogP contribution in [0.1, 0.15) is 342 Å². The highest BCUT2D eigenvalue weighted by atomic mass is 31.2. The molecule has 0 heterocycles. The number of allylic oxidation sites excluding steroid dienone is 4. The van der Waals surface area contributed by atoms with Crippen LogP contribution in [-0.4, -0.2) is 96.7 Å². The van der Waals surface area contributed by atoms with Gasteiger partial charge in [0, 0.05) is 25.7 Å². The van der Waals surface area contributed by atoms with E-state index in [0.717, 1.165) is 103 Å². The molecule has 19 heteroatoms. The molecule has 0 bridgehead atoms. The number of phosphoric ester groups is 2. The Labute approximate surface area is 542 Å². The van der Waals surface area contributed by atoms with E-state index in [4.69, 9.17) is 37.0 Å². The normalized spacial score (nSPS) is 14.2. The molecule has 0 aliphatic carbocycles. The molecule has 0 saturated heterocycles. The van der Waals surface area contributed by atoms with Gasteiger partial charge in [-0.05, 0) is 51.4 Å². The molecule has 0 aromatic heterocycles. The maximum absolute atomic E-state index is 13.0. The molecule has 0 aromatic carbocycles. The number of esters is 4. The molecule has 17 nitrogen and oxygen atoms in total. The highest BCUT2D eigenvalue weighted by Crippen LogP contribution is 2.45. The van der Waals surface area contributed by atoms with Crippen LogP contribution in [0.25, 0.3) is 0 Å². The van der Waals surface area contributed by atoms with Crippen molar-refractivity contribution in [3.8, 4) is 0 Å². The fourth-order valence-electron chi connectivity index (χ4n) is 10.2. The Bertz CT molecular complexity index is 1800. The fourth-order valence-corrected chi connectivity index (χ4v) is 11.7. The highest BCUT2D eigenvalue weighted by molar-refractivity contribution is 7.47. The zero-order valence-electron chi connectivity index (χ0n) is 56.9. The summed E-state index contributed by atoms with van der Waals surface area (Å²) in [6, 6.07) is 0. The van der Waals surface area contributed by atoms with Crippen molar-refractivity contribution in [3.05, 3.63) is 24.3 Å². The van der Waals surface area contributed by atoms with Crippen molar-refractivity contribution in [3.63, 3.8) is 0 Å². The van der Waals surface area contributed by atoms with E-state index in [1.807, 2.05) is 0 Å². The zero-order chi connectivity index (χ0) is 65.4. The van der Waals surface area contributed by atoms with E-state index in [2.05, 4.69) is 52.0 Å². The average Bonchev–Trinajstić information content (AvgIpc) is 3.56. The lowest BCUT2D eigenvalue weighted by Crippen LogP contribution is -2.30. The summed E-state index contributed by atoms with van der Waals surface area (Å²) < 4.78 is 68.2.